The number of nitrogens with one attached hydrogen (secondary N) is 2. The summed E-state index contributed by atoms with van der Waals surface area (Å²) in [5, 5.41) is 17.2. The predicted molar refractivity (Wildman–Crippen MR) is 127 cm³/mol. The van der Waals surface area contributed by atoms with E-state index < -0.39 is 0 Å². The molecule has 0 bridgehead atoms. The lowest BCUT2D eigenvalue weighted by Gasteiger charge is -2.35. The minimum absolute atomic E-state index is 0. The number of nitrogens with zero attached hydrogens (tertiary/aromatic N) is 2. The predicted octanol–water partition coefficient (Wildman–Crippen LogP) is 3.69. The Kier molecular flexibility index (Phi) is 9.50. The first-order valence-electron chi connectivity index (χ1n) is 10.7. The number of rotatable bonds is 6. The second-order valence-electron chi connectivity index (χ2n) is 8.15. The number of hydrogen-bond acceptors (Lipinski definition) is 3. The van der Waals surface area contributed by atoms with Crippen LogP contribution in [0.25, 0.3) is 0 Å². The first-order valence-corrected chi connectivity index (χ1v) is 10.7. The zero-order valence-electron chi connectivity index (χ0n) is 17.4. The van der Waals surface area contributed by atoms with Crippen LogP contribution in [0.4, 0.5) is 0 Å². The Morgan fingerprint density at radius 1 is 1.21 bits per heavy atom. The van der Waals surface area contributed by atoms with Crippen LogP contribution in [0.2, 0.25) is 0 Å². The molecule has 158 valence electrons. The lowest BCUT2D eigenvalue weighted by molar-refractivity contribution is 0.108. The third-order valence-corrected chi connectivity index (χ3v) is 6.01. The minimum Gasteiger partial charge on any atom is -0.393 e. The van der Waals surface area contributed by atoms with Crippen LogP contribution in [0, 0.1) is 0 Å². The zero-order valence-corrected chi connectivity index (χ0v) is 19.7. The van der Waals surface area contributed by atoms with E-state index in [1.165, 1.54) is 31.2 Å². The van der Waals surface area contributed by atoms with Gasteiger partial charge >= 0.3 is 0 Å². The molecule has 0 radical (unpaired) electrons. The lowest BCUT2D eigenvalue weighted by Crippen LogP contribution is -2.50. The summed E-state index contributed by atoms with van der Waals surface area (Å²) < 4.78 is 0. The summed E-state index contributed by atoms with van der Waals surface area (Å²) in [6.45, 7) is 7.83. The van der Waals surface area contributed by atoms with Gasteiger partial charge in [0.1, 0.15) is 0 Å². The Morgan fingerprint density at radius 3 is 2.46 bits per heavy atom. The van der Waals surface area contributed by atoms with E-state index in [9.17, 15) is 5.11 Å². The number of aliphatic hydroxyl groups excluding tert-OH is 1. The number of aliphatic hydroxyl groups is 1. The SMILES string of the molecule is CCNC(=NCC1(NC(C)c2ccccc2)CCCC1)N1CCC(O)CC1.I. The molecule has 28 heavy (non-hydrogen) atoms. The van der Waals surface area contributed by atoms with Gasteiger partial charge in [-0.3, -0.25) is 4.99 Å². The van der Waals surface area contributed by atoms with Gasteiger partial charge in [0, 0.05) is 31.2 Å². The Balaban J connectivity index is 0.00000280. The van der Waals surface area contributed by atoms with Crippen molar-refractivity contribution in [3.05, 3.63) is 35.9 Å². The maximum absolute atomic E-state index is 9.79. The summed E-state index contributed by atoms with van der Waals surface area (Å²) in [6.07, 6.45) is 6.43. The van der Waals surface area contributed by atoms with Crippen molar-refractivity contribution < 1.29 is 5.11 Å². The van der Waals surface area contributed by atoms with Crippen LogP contribution >= 0.6 is 24.0 Å². The molecule has 1 unspecified atom stereocenters. The topological polar surface area (TPSA) is 59.9 Å². The van der Waals surface area contributed by atoms with Gasteiger partial charge in [-0.1, -0.05) is 43.2 Å². The van der Waals surface area contributed by atoms with Gasteiger partial charge in [-0.2, -0.15) is 0 Å². The molecule has 1 atom stereocenters. The highest BCUT2D eigenvalue weighted by molar-refractivity contribution is 14.0. The molecular formula is C22H37IN4O. The number of guanidine groups is 1. The van der Waals surface area contributed by atoms with Crippen LogP contribution in [0.3, 0.4) is 0 Å². The van der Waals surface area contributed by atoms with Crippen molar-refractivity contribution in [3.63, 3.8) is 0 Å². The molecule has 3 N–H and O–H groups in total. The fourth-order valence-corrected chi connectivity index (χ4v) is 4.41. The van der Waals surface area contributed by atoms with Crippen LogP contribution in [-0.2, 0) is 0 Å². The third kappa shape index (κ3) is 6.32. The molecule has 3 rings (SSSR count). The molecule has 1 aromatic carbocycles. The monoisotopic (exact) mass is 500 g/mol. The Hall–Kier alpha value is -0.860. The number of halogens is 1. The molecule has 1 aromatic rings. The number of piperidine rings is 1. The molecular weight excluding hydrogens is 463 g/mol. The van der Waals surface area contributed by atoms with Crippen molar-refractivity contribution in [2.24, 2.45) is 4.99 Å². The maximum atomic E-state index is 9.79. The van der Waals surface area contributed by atoms with E-state index in [0.717, 1.165) is 45.0 Å². The van der Waals surface area contributed by atoms with Crippen LogP contribution < -0.4 is 10.6 Å². The molecule has 6 heteroatoms. The van der Waals surface area contributed by atoms with Crippen LogP contribution in [-0.4, -0.2) is 53.8 Å². The molecule has 1 aliphatic heterocycles. The number of hydrogen-bond donors (Lipinski definition) is 3. The average Bonchev–Trinajstić information content (AvgIpc) is 3.15. The van der Waals surface area contributed by atoms with E-state index >= 15 is 0 Å². The molecule has 2 aliphatic rings. The largest absolute Gasteiger partial charge is 0.393 e. The van der Waals surface area contributed by atoms with E-state index in [-0.39, 0.29) is 35.6 Å². The van der Waals surface area contributed by atoms with Crippen molar-refractivity contribution in [1.29, 1.82) is 0 Å². The standard InChI is InChI=1S/C22H36N4O.HI/c1-3-23-21(26-15-11-20(27)12-16-26)24-17-22(13-7-8-14-22)25-18(2)19-9-5-4-6-10-19;/h4-6,9-10,18,20,25,27H,3,7-8,11-17H2,1-2H3,(H,23,24);1H. The summed E-state index contributed by atoms with van der Waals surface area (Å²) in [5.74, 6) is 1.00. The Bertz CT molecular complexity index is 596. The first-order chi connectivity index (χ1) is 13.1. The van der Waals surface area contributed by atoms with Gasteiger partial charge in [-0.05, 0) is 45.1 Å². The third-order valence-electron chi connectivity index (χ3n) is 6.01. The smallest absolute Gasteiger partial charge is 0.193 e. The zero-order chi connectivity index (χ0) is 19.1. The van der Waals surface area contributed by atoms with Crippen molar-refractivity contribution in [3.8, 4) is 0 Å². The maximum Gasteiger partial charge on any atom is 0.193 e. The number of benzene rings is 1. The highest BCUT2D eigenvalue weighted by Gasteiger charge is 2.35. The van der Waals surface area contributed by atoms with Crippen molar-refractivity contribution in [2.45, 2.75) is 70.1 Å². The van der Waals surface area contributed by atoms with E-state index in [1.807, 2.05) is 0 Å². The molecule has 1 saturated carbocycles. The summed E-state index contributed by atoms with van der Waals surface area (Å²) in [7, 11) is 0. The fraction of sp³-hybridized carbons (Fsp3) is 0.682. The minimum atomic E-state index is -0.154. The van der Waals surface area contributed by atoms with Crippen LogP contribution in [0.1, 0.15) is 64.0 Å². The van der Waals surface area contributed by atoms with Gasteiger partial charge < -0.3 is 20.6 Å². The van der Waals surface area contributed by atoms with Gasteiger partial charge in [0.15, 0.2) is 5.96 Å². The molecule has 0 aromatic heterocycles. The highest BCUT2D eigenvalue weighted by atomic mass is 127. The number of likely N-dealkylation sites (tertiary alicyclic amines) is 1. The molecule has 0 spiro atoms. The van der Waals surface area contributed by atoms with Gasteiger partial charge in [0.25, 0.3) is 0 Å². The first kappa shape index (κ1) is 23.4. The molecule has 0 amide bonds. The van der Waals surface area contributed by atoms with E-state index in [0.29, 0.717) is 6.04 Å². The van der Waals surface area contributed by atoms with E-state index in [4.69, 9.17) is 4.99 Å². The summed E-state index contributed by atoms with van der Waals surface area (Å²) >= 11 is 0. The highest BCUT2D eigenvalue weighted by Crippen LogP contribution is 2.32. The lowest BCUT2D eigenvalue weighted by atomic mass is 9.95. The normalized spacial score (nSPS) is 21.2. The van der Waals surface area contributed by atoms with Crippen molar-refractivity contribution >= 4 is 29.9 Å². The molecule has 5 nitrogen and oxygen atoms in total. The second-order valence-corrected chi connectivity index (χ2v) is 8.15. The summed E-state index contributed by atoms with van der Waals surface area (Å²) in [4.78, 5) is 7.36. The van der Waals surface area contributed by atoms with Gasteiger partial charge in [-0.15, -0.1) is 24.0 Å². The van der Waals surface area contributed by atoms with Crippen molar-refractivity contribution in [1.82, 2.24) is 15.5 Å². The number of aliphatic imine (C=N–C) groups is 1. The fourth-order valence-electron chi connectivity index (χ4n) is 4.41. The Morgan fingerprint density at radius 2 is 1.86 bits per heavy atom. The van der Waals surface area contributed by atoms with Crippen LogP contribution in [0.5, 0.6) is 0 Å². The molecule has 1 heterocycles. The van der Waals surface area contributed by atoms with E-state index in [2.05, 4.69) is 59.7 Å². The van der Waals surface area contributed by atoms with Gasteiger partial charge in [0.2, 0.25) is 0 Å². The quantitative estimate of drug-likeness (QED) is 0.317. The van der Waals surface area contributed by atoms with E-state index in [1.54, 1.807) is 0 Å². The van der Waals surface area contributed by atoms with Crippen molar-refractivity contribution in [2.75, 3.05) is 26.2 Å². The summed E-state index contributed by atoms with van der Waals surface area (Å²) in [6, 6.07) is 11.0. The molecule has 1 aliphatic carbocycles. The molecule has 1 saturated heterocycles. The second kappa shape index (κ2) is 11.4. The summed E-state index contributed by atoms with van der Waals surface area (Å²) in [5.41, 5.74) is 1.43. The Labute approximate surface area is 187 Å². The molecule has 2 fully saturated rings. The van der Waals surface area contributed by atoms with Crippen LogP contribution in [0.15, 0.2) is 35.3 Å². The van der Waals surface area contributed by atoms with Gasteiger partial charge in [-0.25, -0.2) is 0 Å². The average molecular weight is 500 g/mol. The van der Waals surface area contributed by atoms with Gasteiger partial charge in [0.05, 0.1) is 12.6 Å².